The van der Waals surface area contributed by atoms with Crippen LogP contribution in [0.3, 0.4) is 0 Å². The van der Waals surface area contributed by atoms with E-state index in [4.69, 9.17) is 4.98 Å². The van der Waals surface area contributed by atoms with Crippen molar-refractivity contribution in [1.82, 2.24) is 4.98 Å². The molecule has 1 N–H and O–H groups in total. The summed E-state index contributed by atoms with van der Waals surface area (Å²) in [5.74, 6) is 0.605. The van der Waals surface area contributed by atoms with Crippen LogP contribution in [0, 0.1) is 13.8 Å². The quantitative estimate of drug-likeness (QED) is 0.711. The topological polar surface area (TPSA) is 33.1 Å². The number of aromatic nitrogens is 1. The van der Waals surface area contributed by atoms with Crippen molar-refractivity contribution in [2.45, 2.75) is 25.0 Å². The van der Waals surface area contributed by atoms with Crippen LogP contribution in [0.2, 0.25) is 0 Å². The molecular weight excluding hydrogens is 290 g/mol. The van der Waals surface area contributed by atoms with Crippen LogP contribution in [0.25, 0.3) is 10.9 Å². The van der Waals surface area contributed by atoms with Gasteiger partial charge in [-0.3, -0.25) is 0 Å². The number of aliphatic hydroxyl groups is 1. The number of thioether (sulfide) groups is 1. The maximum absolute atomic E-state index is 10.3. The highest BCUT2D eigenvalue weighted by Crippen LogP contribution is 2.28. The molecule has 3 heteroatoms. The molecule has 3 aromatic rings. The highest BCUT2D eigenvalue weighted by atomic mass is 32.2. The maximum atomic E-state index is 10.3. The lowest BCUT2D eigenvalue weighted by molar-refractivity contribution is 0.204. The molecule has 0 amide bonds. The Morgan fingerprint density at radius 3 is 2.55 bits per heavy atom. The molecule has 0 aliphatic heterocycles. The van der Waals surface area contributed by atoms with E-state index in [0.717, 1.165) is 16.1 Å². The Morgan fingerprint density at radius 1 is 1.00 bits per heavy atom. The molecule has 112 valence electrons. The molecule has 1 atom stereocenters. The van der Waals surface area contributed by atoms with E-state index in [1.807, 2.05) is 30.3 Å². The van der Waals surface area contributed by atoms with Gasteiger partial charge in [0.15, 0.2) is 0 Å². The van der Waals surface area contributed by atoms with Crippen molar-refractivity contribution in [3.8, 4) is 0 Å². The molecule has 1 heterocycles. The van der Waals surface area contributed by atoms with Crippen LogP contribution in [0.1, 0.15) is 22.8 Å². The van der Waals surface area contributed by atoms with E-state index in [-0.39, 0.29) is 0 Å². The van der Waals surface area contributed by atoms with Gasteiger partial charge in [-0.15, -0.1) is 11.8 Å². The van der Waals surface area contributed by atoms with Gasteiger partial charge in [-0.1, -0.05) is 48.5 Å². The third kappa shape index (κ3) is 3.16. The van der Waals surface area contributed by atoms with E-state index < -0.39 is 6.10 Å². The number of hydrogen-bond acceptors (Lipinski definition) is 3. The van der Waals surface area contributed by atoms with Crippen molar-refractivity contribution in [1.29, 1.82) is 0 Å². The maximum Gasteiger partial charge on any atom is 0.0971 e. The highest BCUT2D eigenvalue weighted by molar-refractivity contribution is 7.99. The zero-order chi connectivity index (χ0) is 15.5. The van der Waals surface area contributed by atoms with Crippen LogP contribution < -0.4 is 0 Å². The van der Waals surface area contributed by atoms with E-state index in [1.165, 1.54) is 16.5 Å². The number of aryl methyl sites for hydroxylation is 2. The number of benzene rings is 2. The Kier molecular flexibility index (Phi) is 4.46. The average Bonchev–Trinajstić information content (AvgIpc) is 2.54. The molecule has 0 aliphatic rings. The predicted octanol–water partition coefficient (Wildman–Crippen LogP) is 4.68. The van der Waals surface area contributed by atoms with Crippen LogP contribution in [0.5, 0.6) is 0 Å². The fraction of sp³-hybridized carbons (Fsp3) is 0.211. The van der Waals surface area contributed by atoms with Gasteiger partial charge in [0, 0.05) is 11.1 Å². The molecule has 3 rings (SSSR count). The van der Waals surface area contributed by atoms with Crippen molar-refractivity contribution in [3.63, 3.8) is 0 Å². The zero-order valence-corrected chi connectivity index (χ0v) is 13.6. The first-order valence-electron chi connectivity index (χ1n) is 7.38. The number of para-hydroxylation sites is 1. The Labute approximate surface area is 135 Å². The SMILES string of the molecule is Cc1cc(SC[C@H](O)c2ccccc2)nc2c(C)cccc12. The molecule has 0 radical (unpaired) electrons. The number of nitrogens with zero attached hydrogens (tertiary/aromatic N) is 1. The van der Waals surface area contributed by atoms with Crippen LogP contribution in [-0.2, 0) is 0 Å². The molecule has 0 saturated carbocycles. The molecule has 0 aliphatic carbocycles. The first-order chi connectivity index (χ1) is 10.6. The monoisotopic (exact) mass is 309 g/mol. The van der Waals surface area contributed by atoms with Gasteiger partial charge in [0.05, 0.1) is 16.6 Å². The summed E-state index contributed by atoms with van der Waals surface area (Å²) in [6.07, 6.45) is -0.471. The first kappa shape index (κ1) is 15.1. The Bertz CT molecular complexity index is 786. The third-order valence-electron chi connectivity index (χ3n) is 3.80. The van der Waals surface area contributed by atoms with E-state index >= 15 is 0 Å². The van der Waals surface area contributed by atoms with Gasteiger partial charge in [-0.2, -0.15) is 0 Å². The van der Waals surface area contributed by atoms with Gasteiger partial charge in [0.2, 0.25) is 0 Å². The van der Waals surface area contributed by atoms with E-state index in [9.17, 15) is 5.11 Å². The molecule has 0 fully saturated rings. The van der Waals surface area contributed by atoms with E-state index in [1.54, 1.807) is 11.8 Å². The molecule has 1 aromatic heterocycles. The lowest BCUT2D eigenvalue weighted by Gasteiger charge is -2.12. The van der Waals surface area contributed by atoms with Crippen molar-refractivity contribution >= 4 is 22.7 Å². The fourth-order valence-corrected chi connectivity index (χ4v) is 3.48. The number of fused-ring (bicyclic) bond motifs is 1. The van der Waals surface area contributed by atoms with Crippen LogP contribution >= 0.6 is 11.8 Å². The summed E-state index contributed by atoms with van der Waals surface area (Å²) in [5, 5.41) is 12.4. The molecule has 22 heavy (non-hydrogen) atoms. The molecule has 2 aromatic carbocycles. The lowest BCUT2D eigenvalue weighted by atomic mass is 10.1. The number of pyridine rings is 1. The average molecular weight is 309 g/mol. The molecule has 2 nitrogen and oxygen atoms in total. The van der Waals surface area contributed by atoms with E-state index in [0.29, 0.717) is 5.75 Å². The van der Waals surface area contributed by atoms with Crippen molar-refractivity contribution in [2.24, 2.45) is 0 Å². The zero-order valence-electron chi connectivity index (χ0n) is 12.8. The predicted molar refractivity (Wildman–Crippen MR) is 93.3 cm³/mol. The van der Waals surface area contributed by atoms with Crippen molar-refractivity contribution in [2.75, 3.05) is 5.75 Å². The first-order valence-corrected chi connectivity index (χ1v) is 8.36. The van der Waals surface area contributed by atoms with Crippen LogP contribution in [0.4, 0.5) is 0 Å². The number of hydrogen-bond donors (Lipinski definition) is 1. The second-order valence-corrected chi connectivity index (χ2v) is 6.53. The van der Waals surface area contributed by atoms with Gasteiger partial charge in [0.25, 0.3) is 0 Å². The van der Waals surface area contributed by atoms with Gasteiger partial charge in [0.1, 0.15) is 0 Å². The molecular formula is C19H19NOS. The minimum atomic E-state index is -0.471. The standard InChI is InChI=1S/C19H19NOS/c1-13-7-6-10-16-14(2)11-18(20-19(13)16)22-12-17(21)15-8-4-3-5-9-15/h3-11,17,21H,12H2,1-2H3/t17-/m0/s1. The van der Waals surface area contributed by atoms with Crippen LogP contribution in [-0.4, -0.2) is 15.8 Å². The molecule has 0 unspecified atom stereocenters. The number of rotatable bonds is 4. The van der Waals surface area contributed by atoms with Crippen molar-refractivity contribution in [3.05, 3.63) is 71.3 Å². The summed E-state index contributed by atoms with van der Waals surface area (Å²) in [4.78, 5) is 4.75. The summed E-state index contributed by atoms with van der Waals surface area (Å²) < 4.78 is 0. The van der Waals surface area contributed by atoms with Gasteiger partial charge >= 0.3 is 0 Å². The summed E-state index contributed by atoms with van der Waals surface area (Å²) in [6, 6.07) is 18.1. The van der Waals surface area contributed by atoms with E-state index in [2.05, 4.69) is 38.1 Å². The summed E-state index contributed by atoms with van der Waals surface area (Å²) in [6.45, 7) is 4.20. The Balaban J connectivity index is 1.81. The fourth-order valence-electron chi connectivity index (χ4n) is 2.54. The van der Waals surface area contributed by atoms with Gasteiger partial charge < -0.3 is 5.11 Å². The minimum Gasteiger partial charge on any atom is -0.388 e. The lowest BCUT2D eigenvalue weighted by Crippen LogP contribution is -2.00. The van der Waals surface area contributed by atoms with Crippen LogP contribution in [0.15, 0.2) is 59.6 Å². The summed E-state index contributed by atoms with van der Waals surface area (Å²) in [5.41, 5.74) is 4.42. The third-order valence-corrected chi connectivity index (χ3v) is 4.79. The van der Waals surface area contributed by atoms with Gasteiger partial charge in [-0.25, -0.2) is 4.98 Å². The smallest absolute Gasteiger partial charge is 0.0971 e. The van der Waals surface area contributed by atoms with Crippen molar-refractivity contribution < 1.29 is 5.11 Å². The summed E-state index contributed by atoms with van der Waals surface area (Å²) >= 11 is 1.60. The summed E-state index contributed by atoms with van der Waals surface area (Å²) in [7, 11) is 0. The highest BCUT2D eigenvalue weighted by Gasteiger charge is 2.10. The molecule has 0 bridgehead atoms. The largest absolute Gasteiger partial charge is 0.388 e. The molecule has 0 spiro atoms. The second-order valence-electron chi connectivity index (χ2n) is 5.49. The number of aliphatic hydroxyl groups excluding tert-OH is 1. The molecule has 0 saturated heterocycles. The Hall–Kier alpha value is -1.84. The Morgan fingerprint density at radius 2 is 1.77 bits per heavy atom. The van der Waals surface area contributed by atoms with Gasteiger partial charge in [-0.05, 0) is 36.6 Å². The normalized spacial score (nSPS) is 12.5. The second kappa shape index (κ2) is 6.51. The minimum absolute atomic E-state index is 0.471.